The quantitative estimate of drug-likeness (QED) is 0.940. The molecule has 0 bridgehead atoms. The second-order valence-corrected chi connectivity index (χ2v) is 5.92. The van der Waals surface area contributed by atoms with E-state index in [9.17, 15) is 4.79 Å². The van der Waals surface area contributed by atoms with Crippen LogP contribution >= 0.6 is 0 Å². The Hall–Kier alpha value is -2.70. The number of ether oxygens (including phenoxy) is 2. The number of fused-ring (bicyclic) bond motifs is 1. The summed E-state index contributed by atoms with van der Waals surface area (Å²) in [5, 5.41) is 7.29. The molecule has 24 heavy (non-hydrogen) atoms. The summed E-state index contributed by atoms with van der Waals surface area (Å²) in [7, 11) is 0. The summed E-state index contributed by atoms with van der Waals surface area (Å²) in [5.41, 5.74) is 1.80. The van der Waals surface area contributed by atoms with E-state index in [2.05, 4.69) is 17.3 Å². The van der Waals surface area contributed by atoms with Gasteiger partial charge in [0, 0.05) is 31.0 Å². The lowest BCUT2D eigenvalue weighted by atomic mass is 10.1. The van der Waals surface area contributed by atoms with Crippen LogP contribution in [0.1, 0.15) is 31.5 Å². The Balaban J connectivity index is 1.51. The summed E-state index contributed by atoms with van der Waals surface area (Å²) in [5.74, 6) is 1.37. The fourth-order valence-corrected chi connectivity index (χ4v) is 3.38. The number of benzene rings is 1. The molecule has 0 aliphatic carbocycles. The zero-order chi connectivity index (χ0) is 16.5. The Morgan fingerprint density at radius 3 is 3.08 bits per heavy atom. The van der Waals surface area contributed by atoms with E-state index in [1.807, 2.05) is 27.8 Å². The second-order valence-electron chi connectivity index (χ2n) is 5.92. The predicted octanol–water partition coefficient (Wildman–Crippen LogP) is 3.00. The first-order valence-electron chi connectivity index (χ1n) is 8.25. The molecular weight excluding hydrogens is 308 g/mol. The first-order chi connectivity index (χ1) is 11.8. The maximum absolute atomic E-state index is 12.7. The molecule has 7 heteroatoms. The van der Waals surface area contributed by atoms with Gasteiger partial charge in [0.2, 0.25) is 6.79 Å². The highest BCUT2D eigenvalue weighted by Crippen LogP contribution is 2.35. The molecule has 1 aromatic heterocycles. The van der Waals surface area contributed by atoms with Crippen LogP contribution in [0.4, 0.5) is 10.5 Å². The van der Waals surface area contributed by atoms with Crippen molar-refractivity contribution in [2.24, 2.45) is 0 Å². The molecule has 0 radical (unpaired) electrons. The second kappa shape index (κ2) is 6.07. The third kappa shape index (κ3) is 2.55. The molecule has 2 amide bonds. The Bertz CT molecular complexity index is 758. The zero-order valence-electron chi connectivity index (χ0n) is 13.6. The van der Waals surface area contributed by atoms with Crippen molar-refractivity contribution >= 4 is 11.7 Å². The van der Waals surface area contributed by atoms with Crippen LogP contribution in [0, 0.1) is 0 Å². The van der Waals surface area contributed by atoms with Crippen LogP contribution in [0.25, 0.3) is 0 Å². The number of nitrogens with one attached hydrogen (secondary N) is 1. The molecule has 2 aliphatic heterocycles. The van der Waals surface area contributed by atoms with Crippen LogP contribution < -0.4 is 14.8 Å². The minimum Gasteiger partial charge on any atom is -0.454 e. The first-order valence-corrected chi connectivity index (χ1v) is 8.25. The summed E-state index contributed by atoms with van der Waals surface area (Å²) in [4.78, 5) is 14.6. The van der Waals surface area contributed by atoms with Crippen molar-refractivity contribution in [3.8, 4) is 11.5 Å². The SMILES string of the molecule is CCn1nccc1C1CCCN1C(=O)Nc1ccc2c(c1)OCO2. The Morgan fingerprint density at radius 2 is 2.21 bits per heavy atom. The van der Waals surface area contributed by atoms with Gasteiger partial charge in [0.05, 0.1) is 11.7 Å². The van der Waals surface area contributed by atoms with Gasteiger partial charge in [-0.25, -0.2) is 4.79 Å². The summed E-state index contributed by atoms with van der Waals surface area (Å²) >= 11 is 0. The van der Waals surface area contributed by atoms with E-state index in [0.717, 1.165) is 31.6 Å². The van der Waals surface area contributed by atoms with E-state index in [0.29, 0.717) is 17.2 Å². The highest BCUT2D eigenvalue weighted by molar-refractivity contribution is 5.90. The number of rotatable bonds is 3. The first kappa shape index (κ1) is 14.9. The number of aromatic nitrogens is 2. The lowest BCUT2D eigenvalue weighted by Crippen LogP contribution is -2.35. The Kier molecular flexibility index (Phi) is 3.76. The van der Waals surface area contributed by atoms with Gasteiger partial charge < -0.3 is 19.7 Å². The number of amides is 2. The lowest BCUT2D eigenvalue weighted by molar-refractivity contribution is 0.174. The van der Waals surface area contributed by atoms with Crippen LogP contribution in [0.5, 0.6) is 11.5 Å². The van der Waals surface area contributed by atoms with Crippen molar-refractivity contribution in [1.29, 1.82) is 0 Å². The maximum Gasteiger partial charge on any atom is 0.322 e. The third-order valence-electron chi connectivity index (χ3n) is 4.53. The van der Waals surface area contributed by atoms with E-state index in [1.54, 1.807) is 12.3 Å². The zero-order valence-corrected chi connectivity index (χ0v) is 13.6. The number of aryl methyl sites for hydroxylation is 1. The minimum atomic E-state index is -0.0970. The third-order valence-corrected chi connectivity index (χ3v) is 4.53. The molecule has 1 N–H and O–H groups in total. The van der Waals surface area contributed by atoms with E-state index in [-0.39, 0.29) is 18.9 Å². The van der Waals surface area contributed by atoms with Crippen LogP contribution in [0.15, 0.2) is 30.5 Å². The van der Waals surface area contributed by atoms with E-state index < -0.39 is 0 Å². The molecule has 126 valence electrons. The number of hydrogen-bond donors (Lipinski definition) is 1. The van der Waals surface area contributed by atoms with Crippen molar-refractivity contribution in [3.63, 3.8) is 0 Å². The van der Waals surface area contributed by atoms with Gasteiger partial charge in [0.1, 0.15) is 0 Å². The average molecular weight is 328 g/mol. The molecule has 2 aromatic rings. The van der Waals surface area contributed by atoms with Gasteiger partial charge in [-0.15, -0.1) is 0 Å². The molecule has 1 unspecified atom stereocenters. The topological polar surface area (TPSA) is 68.6 Å². The van der Waals surface area contributed by atoms with Gasteiger partial charge in [0.25, 0.3) is 0 Å². The summed E-state index contributed by atoms with van der Waals surface area (Å²) < 4.78 is 12.6. The van der Waals surface area contributed by atoms with Crippen LogP contribution in [0.3, 0.4) is 0 Å². The van der Waals surface area contributed by atoms with Gasteiger partial charge in [-0.05, 0) is 38.0 Å². The molecule has 3 heterocycles. The number of carbonyl (C=O) groups excluding carboxylic acids is 1. The highest BCUT2D eigenvalue weighted by atomic mass is 16.7. The summed E-state index contributed by atoms with van der Waals surface area (Å²) in [6.45, 7) is 3.83. The van der Waals surface area contributed by atoms with E-state index >= 15 is 0 Å². The number of likely N-dealkylation sites (tertiary alicyclic amines) is 1. The predicted molar refractivity (Wildman–Crippen MR) is 88.2 cm³/mol. The fourth-order valence-electron chi connectivity index (χ4n) is 3.38. The number of anilines is 1. The molecule has 1 fully saturated rings. The van der Waals surface area contributed by atoms with Crippen molar-refractivity contribution in [3.05, 3.63) is 36.2 Å². The molecular formula is C17H20N4O3. The van der Waals surface area contributed by atoms with E-state index in [4.69, 9.17) is 9.47 Å². The number of carbonyl (C=O) groups is 1. The van der Waals surface area contributed by atoms with E-state index in [1.165, 1.54) is 0 Å². The maximum atomic E-state index is 12.7. The number of nitrogens with zero attached hydrogens (tertiary/aromatic N) is 3. The van der Waals surface area contributed by atoms with Crippen molar-refractivity contribution in [2.45, 2.75) is 32.4 Å². The van der Waals surface area contributed by atoms with Crippen LogP contribution in [-0.2, 0) is 6.54 Å². The average Bonchev–Trinajstić information content (AvgIpc) is 3.32. The highest BCUT2D eigenvalue weighted by Gasteiger charge is 2.32. The molecule has 7 nitrogen and oxygen atoms in total. The van der Waals surface area contributed by atoms with Gasteiger partial charge in [-0.3, -0.25) is 4.68 Å². The van der Waals surface area contributed by atoms with Gasteiger partial charge in [0.15, 0.2) is 11.5 Å². The molecule has 0 spiro atoms. The normalized spacial score (nSPS) is 18.9. The van der Waals surface area contributed by atoms with Gasteiger partial charge in [-0.2, -0.15) is 5.10 Å². The van der Waals surface area contributed by atoms with Crippen LogP contribution in [0.2, 0.25) is 0 Å². The van der Waals surface area contributed by atoms with Crippen molar-refractivity contribution in [1.82, 2.24) is 14.7 Å². The summed E-state index contributed by atoms with van der Waals surface area (Å²) in [6.07, 6.45) is 3.75. The standard InChI is InChI=1S/C17H20N4O3/c1-2-21-14(7-8-18-21)13-4-3-9-20(13)17(22)19-12-5-6-15-16(10-12)24-11-23-15/h5-8,10,13H,2-4,9,11H2,1H3,(H,19,22). The van der Waals surface area contributed by atoms with Gasteiger partial charge in [-0.1, -0.05) is 0 Å². The van der Waals surface area contributed by atoms with Gasteiger partial charge >= 0.3 is 6.03 Å². The largest absolute Gasteiger partial charge is 0.454 e. The smallest absolute Gasteiger partial charge is 0.322 e. The monoisotopic (exact) mass is 328 g/mol. The summed E-state index contributed by atoms with van der Waals surface area (Å²) in [6, 6.07) is 7.40. The number of urea groups is 1. The Morgan fingerprint density at radius 1 is 1.33 bits per heavy atom. The minimum absolute atomic E-state index is 0.0708. The lowest BCUT2D eigenvalue weighted by Gasteiger charge is -2.25. The Labute approximate surface area is 140 Å². The van der Waals surface area contributed by atoms with Crippen LogP contribution in [-0.4, -0.2) is 34.0 Å². The van der Waals surface area contributed by atoms with Crippen molar-refractivity contribution < 1.29 is 14.3 Å². The van der Waals surface area contributed by atoms with Crippen molar-refractivity contribution in [2.75, 3.05) is 18.7 Å². The fraction of sp³-hybridized carbons (Fsp3) is 0.412. The molecule has 0 saturated carbocycles. The molecule has 1 atom stereocenters. The molecule has 2 aliphatic rings. The number of hydrogen-bond acceptors (Lipinski definition) is 4. The molecule has 1 saturated heterocycles. The molecule has 1 aromatic carbocycles. The molecule has 4 rings (SSSR count).